The summed E-state index contributed by atoms with van der Waals surface area (Å²) in [5, 5.41) is 19.8. The molecule has 0 radical (unpaired) electrons. The van der Waals surface area contributed by atoms with Crippen molar-refractivity contribution in [2.24, 2.45) is 0 Å². The van der Waals surface area contributed by atoms with E-state index in [1.807, 2.05) is 6.07 Å². The van der Waals surface area contributed by atoms with Crippen LogP contribution in [0.15, 0.2) is 71.6 Å². The van der Waals surface area contributed by atoms with E-state index in [0.717, 1.165) is 30.5 Å². The Morgan fingerprint density at radius 1 is 0.973 bits per heavy atom. The lowest BCUT2D eigenvalue weighted by molar-refractivity contribution is -0.0553. The molecule has 7 heteroatoms. The second kappa shape index (κ2) is 10.4. The van der Waals surface area contributed by atoms with Gasteiger partial charge in [-0.2, -0.15) is 9.57 Å². The minimum atomic E-state index is -3.83. The van der Waals surface area contributed by atoms with Gasteiger partial charge in [0, 0.05) is 31.1 Å². The quantitative estimate of drug-likeness (QED) is 0.543. The van der Waals surface area contributed by atoms with E-state index >= 15 is 0 Å². The summed E-state index contributed by atoms with van der Waals surface area (Å²) >= 11 is 0. The fourth-order valence-corrected chi connectivity index (χ4v) is 7.64. The van der Waals surface area contributed by atoms with Gasteiger partial charge in [0.05, 0.1) is 17.1 Å². The largest absolute Gasteiger partial charge is 0.395 e. The Kier molecular flexibility index (Phi) is 7.19. The number of aryl methyl sites for hydroxylation is 1. The fourth-order valence-electron chi connectivity index (χ4n) is 6.00. The predicted octanol–water partition coefficient (Wildman–Crippen LogP) is 4.46. The van der Waals surface area contributed by atoms with Crippen molar-refractivity contribution in [1.82, 2.24) is 9.21 Å². The first-order chi connectivity index (χ1) is 17.9. The number of aliphatic hydroxyl groups excluding tert-OH is 1. The Labute approximate surface area is 219 Å². The fraction of sp³-hybridized carbons (Fsp3) is 0.367. The molecular weight excluding hydrogens is 482 g/mol. The molecule has 2 fully saturated rings. The summed E-state index contributed by atoms with van der Waals surface area (Å²) in [5.41, 5.74) is 6.16. The van der Waals surface area contributed by atoms with Crippen LogP contribution in [0.3, 0.4) is 0 Å². The molecule has 0 saturated carbocycles. The molecule has 3 atom stereocenters. The van der Waals surface area contributed by atoms with Crippen molar-refractivity contribution in [3.8, 4) is 17.2 Å². The van der Waals surface area contributed by atoms with Crippen LogP contribution >= 0.6 is 0 Å². The number of benzene rings is 3. The standard InChI is InChI=1S/C30H33N3O3S/c1-21-8-7-10-26(22(21)2)23-12-14-24(15-13-23)30-27-19-32(16-5-6-17-33(27)28(30)20-34)37(35,36)29-11-4-3-9-25(29)18-31/h3-4,7-15,27-28,30,34H,5-6,16-17,19-20H2,1-2H3/t27-,28?,30-/m0/s1. The Hall–Kier alpha value is -3.02. The van der Waals surface area contributed by atoms with Gasteiger partial charge in [0.25, 0.3) is 0 Å². The highest BCUT2D eigenvalue weighted by atomic mass is 32.2. The Balaban J connectivity index is 1.45. The van der Waals surface area contributed by atoms with Crippen LogP contribution in [0.5, 0.6) is 0 Å². The number of fused-ring (bicyclic) bond motifs is 1. The highest BCUT2D eigenvalue weighted by Crippen LogP contribution is 2.43. The van der Waals surface area contributed by atoms with Crippen molar-refractivity contribution in [3.63, 3.8) is 0 Å². The van der Waals surface area contributed by atoms with Crippen LogP contribution in [0.25, 0.3) is 11.1 Å². The minimum Gasteiger partial charge on any atom is -0.395 e. The average molecular weight is 516 g/mol. The molecule has 3 aromatic carbocycles. The van der Waals surface area contributed by atoms with Crippen LogP contribution in [-0.4, -0.2) is 61.1 Å². The molecule has 5 rings (SSSR count). The van der Waals surface area contributed by atoms with Gasteiger partial charge in [-0.05, 0) is 73.2 Å². The SMILES string of the molecule is Cc1cccc(-c2ccc([C@@H]3C(CO)N4CCCCN(S(=O)(=O)c5ccccc5C#N)C[C@@H]34)cc2)c1C. The molecule has 2 aliphatic rings. The molecule has 1 N–H and O–H groups in total. The molecule has 0 aliphatic carbocycles. The van der Waals surface area contributed by atoms with E-state index in [0.29, 0.717) is 13.1 Å². The summed E-state index contributed by atoms with van der Waals surface area (Å²) < 4.78 is 28.9. The third kappa shape index (κ3) is 4.60. The van der Waals surface area contributed by atoms with Gasteiger partial charge in [-0.3, -0.25) is 4.90 Å². The maximum Gasteiger partial charge on any atom is 0.244 e. The van der Waals surface area contributed by atoms with Gasteiger partial charge in [-0.1, -0.05) is 54.6 Å². The predicted molar refractivity (Wildman–Crippen MR) is 145 cm³/mol. The Morgan fingerprint density at radius 3 is 2.43 bits per heavy atom. The van der Waals surface area contributed by atoms with Crippen LogP contribution in [0.2, 0.25) is 0 Å². The van der Waals surface area contributed by atoms with Gasteiger partial charge in [-0.15, -0.1) is 0 Å². The number of aliphatic hydroxyl groups is 1. The topological polar surface area (TPSA) is 84.6 Å². The number of nitrogens with zero attached hydrogens (tertiary/aromatic N) is 3. The van der Waals surface area contributed by atoms with Crippen molar-refractivity contribution < 1.29 is 13.5 Å². The number of rotatable bonds is 5. The normalized spacial score (nSPS) is 22.8. The Morgan fingerprint density at radius 2 is 1.70 bits per heavy atom. The van der Waals surface area contributed by atoms with Crippen molar-refractivity contribution in [3.05, 3.63) is 89.0 Å². The summed E-state index contributed by atoms with van der Waals surface area (Å²) in [6.07, 6.45) is 1.60. The highest BCUT2D eigenvalue weighted by molar-refractivity contribution is 7.89. The third-order valence-electron chi connectivity index (χ3n) is 8.17. The van der Waals surface area contributed by atoms with Gasteiger partial charge < -0.3 is 5.11 Å². The van der Waals surface area contributed by atoms with Gasteiger partial charge in [0.15, 0.2) is 0 Å². The van der Waals surface area contributed by atoms with E-state index in [4.69, 9.17) is 0 Å². The molecule has 0 aromatic heterocycles. The van der Waals surface area contributed by atoms with E-state index < -0.39 is 10.0 Å². The monoisotopic (exact) mass is 515 g/mol. The van der Waals surface area contributed by atoms with Crippen LogP contribution in [0, 0.1) is 25.2 Å². The lowest BCUT2D eigenvalue weighted by Crippen LogP contribution is -2.67. The molecule has 37 heavy (non-hydrogen) atoms. The molecule has 3 aromatic rings. The first kappa shape index (κ1) is 25.6. The second-order valence-electron chi connectivity index (χ2n) is 10.1. The molecule has 1 unspecified atom stereocenters. The molecule has 2 aliphatic heterocycles. The van der Waals surface area contributed by atoms with Gasteiger partial charge in [0.2, 0.25) is 10.0 Å². The highest BCUT2D eigenvalue weighted by Gasteiger charge is 2.50. The molecule has 0 spiro atoms. The van der Waals surface area contributed by atoms with E-state index in [-0.39, 0.29) is 35.1 Å². The maximum absolute atomic E-state index is 13.7. The van der Waals surface area contributed by atoms with E-state index in [2.05, 4.69) is 61.2 Å². The summed E-state index contributed by atoms with van der Waals surface area (Å²) in [4.78, 5) is 2.33. The van der Waals surface area contributed by atoms with Crippen LogP contribution < -0.4 is 0 Å². The lowest BCUT2D eigenvalue weighted by atomic mass is 9.74. The summed E-state index contributed by atoms with van der Waals surface area (Å²) in [5.74, 6) is 0.0275. The number of nitriles is 1. The first-order valence-electron chi connectivity index (χ1n) is 12.9. The smallest absolute Gasteiger partial charge is 0.244 e. The van der Waals surface area contributed by atoms with Crippen LogP contribution in [-0.2, 0) is 10.0 Å². The number of hydrogen-bond acceptors (Lipinski definition) is 5. The first-order valence-corrected chi connectivity index (χ1v) is 14.3. The van der Waals surface area contributed by atoms with Crippen LogP contribution in [0.4, 0.5) is 0 Å². The van der Waals surface area contributed by atoms with Gasteiger partial charge >= 0.3 is 0 Å². The van der Waals surface area contributed by atoms with Crippen molar-refractivity contribution in [2.45, 2.75) is 49.6 Å². The van der Waals surface area contributed by atoms with Crippen molar-refractivity contribution >= 4 is 10.0 Å². The summed E-state index contributed by atoms with van der Waals surface area (Å²) in [6, 6.07) is 23.2. The van der Waals surface area contributed by atoms with Crippen LogP contribution in [0.1, 0.15) is 41.0 Å². The molecule has 6 nitrogen and oxygen atoms in total. The average Bonchev–Trinajstić information content (AvgIpc) is 2.89. The van der Waals surface area contributed by atoms with Gasteiger partial charge in [0.1, 0.15) is 6.07 Å². The Bertz CT molecular complexity index is 1430. The van der Waals surface area contributed by atoms with Crippen molar-refractivity contribution in [1.29, 1.82) is 5.26 Å². The maximum atomic E-state index is 13.7. The zero-order valence-corrected chi connectivity index (χ0v) is 22.2. The molecule has 0 bridgehead atoms. The summed E-state index contributed by atoms with van der Waals surface area (Å²) in [7, 11) is -3.83. The second-order valence-corrected chi connectivity index (χ2v) is 12.0. The molecule has 0 amide bonds. The minimum absolute atomic E-state index is 0.0275. The molecule has 2 saturated heterocycles. The number of hydrogen-bond donors (Lipinski definition) is 1. The molecule has 192 valence electrons. The van der Waals surface area contributed by atoms with E-state index in [1.165, 1.54) is 22.8 Å². The zero-order chi connectivity index (χ0) is 26.2. The summed E-state index contributed by atoms with van der Waals surface area (Å²) in [6.45, 7) is 5.89. The lowest BCUT2D eigenvalue weighted by Gasteiger charge is -2.57. The van der Waals surface area contributed by atoms with Crippen molar-refractivity contribution in [2.75, 3.05) is 26.2 Å². The molecular formula is C30H33N3O3S. The zero-order valence-electron chi connectivity index (χ0n) is 21.3. The van der Waals surface area contributed by atoms with Gasteiger partial charge in [-0.25, -0.2) is 8.42 Å². The van der Waals surface area contributed by atoms with E-state index in [1.54, 1.807) is 22.5 Å². The number of sulfonamides is 1. The van der Waals surface area contributed by atoms with E-state index in [9.17, 15) is 18.8 Å². The molecule has 2 heterocycles. The third-order valence-corrected chi connectivity index (χ3v) is 10.1.